The molecule has 2 fully saturated rings. The van der Waals surface area contributed by atoms with Crippen LogP contribution in [-0.4, -0.2) is 66.0 Å². The molecule has 2 saturated heterocycles. The lowest BCUT2D eigenvalue weighted by Gasteiger charge is -2.24. The van der Waals surface area contributed by atoms with Crippen LogP contribution in [-0.2, 0) is 6.54 Å². The first-order valence-electron chi connectivity index (χ1n) is 7.22. The Labute approximate surface area is 120 Å². The lowest BCUT2D eigenvalue weighted by atomic mass is 10.0. The molecule has 5 nitrogen and oxygen atoms in total. The van der Waals surface area contributed by atoms with Crippen LogP contribution in [0.1, 0.15) is 5.69 Å². The highest BCUT2D eigenvalue weighted by Gasteiger charge is 2.41. The average Bonchev–Trinajstić information content (AvgIpc) is 2.96. The van der Waals surface area contributed by atoms with E-state index in [1.807, 2.05) is 37.3 Å². The molecule has 20 heavy (non-hydrogen) atoms. The molecule has 5 heteroatoms. The van der Waals surface area contributed by atoms with Gasteiger partial charge in [0.05, 0.1) is 5.69 Å². The zero-order chi connectivity index (χ0) is 14.1. The average molecular weight is 274 g/mol. The van der Waals surface area contributed by atoms with E-state index in [9.17, 15) is 4.79 Å². The minimum Gasteiger partial charge on any atom is -0.331 e. The van der Waals surface area contributed by atoms with E-state index in [0.29, 0.717) is 11.8 Å². The number of aromatic nitrogens is 1. The molecule has 0 saturated carbocycles. The lowest BCUT2D eigenvalue weighted by Crippen LogP contribution is -2.39. The Hall–Kier alpha value is -1.62. The van der Waals surface area contributed by atoms with Gasteiger partial charge in [-0.15, -0.1) is 0 Å². The molecule has 2 aliphatic heterocycles. The van der Waals surface area contributed by atoms with E-state index >= 15 is 0 Å². The highest BCUT2D eigenvalue weighted by Crippen LogP contribution is 2.32. The molecule has 1 aromatic rings. The van der Waals surface area contributed by atoms with E-state index in [1.54, 1.807) is 4.90 Å². The lowest BCUT2D eigenvalue weighted by molar-refractivity contribution is 0.173. The van der Waals surface area contributed by atoms with Gasteiger partial charge in [0.2, 0.25) is 0 Å². The van der Waals surface area contributed by atoms with Crippen LogP contribution in [0.3, 0.4) is 0 Å². The first-order valence-corrected chi connectivity index (χ1v) is 7.22. The van der Waals surface area contributed by atoms with Crippen molar-refractivity contribution in [2.75, 3.05) is 40.3 Å². The largest absolute Gasteiger partial charge is 0.331 e. The van der Waals surface area contributed by atoms with Crippen molar-refractivity contribution in [3.63, 3.8) is 0 Å². The number of rotatable bonds is 2. The summed E-state index contributed by atoms with van der Waals surface area (Å²) in [5.74, 6) is 1.25. The topological polar surface area (TPSA) is 39.7 Å². The molecule has 0 bridgehead atoms. The van der Waals surface area contributed by atoms with Gasteiger partial charge in [-0.2, -0.15) is 0 Å². The SMILES string of the molecule is CN(C)C(=O)N1C[C@H]2CN(Cc3ccccn3)C[C@H]2C1. The maximum absolute atomic E-state index is 12.0. The molecule has 108 valence electrons. The molecule has 2 atom stereocenters. The van der Waals surface area contributed by atoms with Crippen LogP contribution in [0.4, 0.5) is 4.79 Å². The molecular formula is C15H22N4O. The number of amides is 2. The van der Waals surface area contributed by atoms with E-state index in [-0.39, 0.29) is 6.03 Å². The number of nitrogens with zero attached hydrogens (tertiary/aromatic N) is 4. The molecular weight excluding hydrogens is 252 g/mol. The number of likely N-dealkylation sites (tertiary alicyclic amines) is 2. The van der Waals surface area contributed by atoms with Gasteiger partial charge >= 0.3 is 6.03 Å². The monoisotopic (exact) mass is 274 g/mol. The van der Waals surface area contributed by atoms with E-state index < -0.39 is 0 Å². The van der Waals surface area contributed by atoms with Gasteiger partial charge in [0, 0.05) is 53.0 Å². The van der Waals surface area contributed by atoms with Crippen molar-refractivity contribution in [3.8, 4) is 0 Å². The summed E-state index contributed by atoms with van der Waals surface area (Å²) < 4.78 is 0. The predicted octanol–water partition coefficient (Wildman–Crippen LogP) is 1.13. The molecule has 2 amide bonds. The highest BCUT2D eigenvalue weighted by molar-refractivity contribution is 5.74. The van der Waals surface area contributed by atoms with Gasteiger partial charge in [-0.25, -0.2) is 4.79 Å². The van der Waals surface area contributed by atoms with Crippen molar-refractivity contribution in [2.45, 2.75) is 6.54 Å². The number of carbonyl (C=O) groups excluding carboxylic acids is 1. The molecule has 3 heterocycles. The van der Waals surface area contributed by atoms with E-state index in [0.717, 1.165) is 38.4 Å². The van der Waals surface area contributed by atoms with Gasteiger partial charge in [0.15, 0.2) is 0 Å². The maximum Gasteiger partial charge on any atom is 0.319 e. The number of pyridine rings is 1. The number of fused-ring (bicyclic) bond motifs is 1. The second-order valence-electron chi connectivity index (χ2n) is 6.12. The number of carbonyl (C=O) groups is 1. The highest BCUT2D eigenvalue weighted by atomic mass is 16.2. The van der Waals surface area contributed by atoms with Crippen LogP contribution in [0.15, 0.2) is 24.4 Å². The summed E-state index contributed by atoms with van der Waals surface area (Å²) in [6.07, 6.45) is 1.85. The van der Waals surface area contributed by atoms with Crippen LogP contribution in [0.25, 0.3) is 0 Å². The zero-order valence-corrected chi connectivity index (χ0v) is 12.2. The fourth-order valence-corrected chi connectivity index (χ4v) is 3.38. The molecule has 0 aliphatic carbocycles. The second kappa shape index (κ2) is 5.40. The molecule has 0 spiro atoms. The molecule has 0 aromatic carbocycles. The molecule has 0 N–H and O–H groups in total. The van der Waals surface area contributed by atoms with Crippen molar-refractivity contribution in [1.29, 1.82) is 0 Å². The van der Waals surface area contributed by atoms with Gasteiger partial charge in [-0.3, -0.25) is 9.88 Å². The molecule has 0 radical (unpaired) electrons. The van der Waals surface area contributed by atoms with Crippen LogP contribution >= 0.6 is 0 Å². The fourth-order valence-electron chi connectivity index (χ4n) is 3.38. The quantitative estimate of drug-likeness (QED) is 0.811. The smallest absolute Gasteiger partial charge is 0.319 e. The van der Waals surface area contributed by atoms with Crippen molar-refractivity contribution in [1.82, 2.24) is 19.7 Å². The summed E-state index contributed by atoms with van der Waals surface area (Å²) in [6, 6.07) is 6.22. The second-order valence-corrected chi connectivity index (χ2v) is 6.12. The Balaban J connectivity index is 1.55. The molecule has 0 unspecified atom stereocenters. The molecule has 2 aliphatic rings. The van der Waals surface area contributed by atoms with Crippen molar-refractivity contribution in [3.05, 3.63) is 30.1 Å². The minimum absolute atomic E-state index is 0.149. The first kappa shape index (κ1) is 13.4. The summed E-state index contributed by atoms with van der Waals surface area (Å²) in [7, 11) is 3.65. The van der Waals surface area contributed by atoms with Crippen LogP contribution in [0.5, 0.6) is 0 Å². The number of urea groups is 1. The van der Waals surface area contributed by atoms with Crippen LogP contribution in [0.2, 0.25) is 0 Å². The van der Waals surface area contributed by atoms with Crippen LogP contribution < -0.4 is 0 Å². The van der Waals surface area contributed by atoms with Gasteiger partial charge in [0.25, 0.3) is 0 Å². The summed E-state index contributed by atoms with van der Waals surface area (Å²) in [5.41, 5.74) is 1.13. The standard InChI is InChI=1S/C15H22N4O/c1-17(2)15(20)19-9-12-7-18(8-13(12)10-19)11-14-5-3-4-6-16-14/h3-6,12-13H,7-11H2,1-2H3/t12-,13+. The summed E-state index contributed by atoms with van der Waals surface area (Å²) in [5, 5.41) is 0. The van der Waals surface area contributed by atoms with E-state index in [2.05, 4.69) is 16.0 Å². The van der Waals surface area contributed by atoms with Crippen molar-refractivity contribution < 1.29 is 4.79 Å². The van der Waals surface area contributed by atoms with Gasteiger partial charge in [0.1, 0.15) is 0 Å². The van der Waals surface area contributed by atoms with Gasteiger partial charge < -0.3 is 9.80 Å². The van der Waals surface area contributed by atoms with Gasteiger partial charge in [-0.1, -0.05) is 6.07 Å². The third-order valence-corrected chi connectivity index (χ3v) is 4.33. The van der Waals surface area contributed by atoms with Crippen molar-refractivity contribution in [2.24, 2.45) is 11.8 Å². The Morgan fingerprint density at radius 2 is 1.95 bits per heavy atom. The van der Waals surface area contributed by atoms with Crippen molar-refractivity contribution >= 4 is 6.03 Å². The first-order chi connectivity index (χ1) is 9.63. The van der Waals surface area contributed by atoms with E-state index in [1.165, 1.54) is 0 Å². The molecule has 3 rings (SSSR count). The Morgan fingerprint density at radius 3 is 2.50 bits per heavy atom. The Morgan fingerprint density at radius 1 is 1.25 bits per heavy atom. The predicted molar refractivity (Wildman–Crippen MR) is 77.2 cm³/mol. The Kier molecular flexibility index (Phi) is 3.61. The van der Waals surface area contributed by atoms with E-state index in [4.69, 9.17) is 0 Å². The Bertz CT molecular complexity index is 462. The summed E-state index contributed by atoms with van der Waals surface area (Å²) in [4.78, 5) is 22.5. The normalized spacial score (nSPS) is 25.8. The summed E-state index contributed by atoms with van der Waals surface area (Å²) in [6.45, 7) is 4.90. The van der Waals surface area contributed by atoms with Crippen LogP contribution in [0, 0.1) is 11.8 Å². The minimum atomic E-state index is 0.149. The number of hydrogen-bond acceptors (Lipinski definition) is 3. The third kappa shape index (κ3) is 2.63. The maximum atomic E-state index is 12.0. The molecule has 1 aromatic heterocycles. The fraction of sp³-hybridized carbons (Fsp3) is 0.600. The zero-order valence-electron chi connectivity index (χ0n) is 12.2. The third-order valence-electron chi connectivity index (χ3n) is 4.33. The number of hydrogen-bond donors (Lipinski definition) is 0. The summed E-state index contributed by atoms with van der Waals surface area (Å²) >= 11 is 0. The van der Waals surface area contributed by atoms with Gasteiger partial charge in [-0.05, 0) is 24.0 Å².